The number of carbonyl (C=O) groups excluding carboxylic acids is 1. The molecule has 2 heterocycles. The molecule has 3 aromatic rings. The molecule has 6 nitrogen and oxygen atoms in total. The summed E-state index contributed by atoms with van der Waals surface area (Å²) in [5.41, 5.74) is 11.4. The largest absolute Gasteiger partial charge is 0.383 e. The molecule has 186 valence electrons. The van der Waals surface area contributed by atoms with E-state index in [1.165, 1.54) is 6.07 Å². The van der Waals surface area contributed by atoms with Gasteiger partial charge < -0.3 is 21.3 Å². The number of carbonyl (C=O) groups is 1. The molecular formula is C27H35FN5OP. The highest BCUT2D eigenvalue weighted by atomic mass is 31.0. The Morgan fingerprint density at radius 2 is 1.86 bits per heavy atom. The van der Waals surface area contributed by atoms with E-state index in [0.29, 0.717) is 11.7 Å². The van der Waals surface area contributed by atoms with Crippen LogP contribution in [0.4, 0.5) is 20.7 Å². The molecular weight excluding hydrogens is 460 g/mol. The number of halogens is 1. The number of piperazine rings is 1. The topological polar surface area (TPSA) is 83.3 Å². The molecule has 1 atom stereocenters. The molecule has 1 aliphatic rings. The number of benzene rings is 2. The van der Waals surface area contributed by atoms with E-state index in [2.05, 4.69) is 38.7 Å². The van der Waals surface area contributed by atoms with Gasteiger partial charge >= 0.3 is 6.03 Å². The van der Waals surface area contributed by atoms with Crippen LogP contribution in [0.5, 0.6) is 0 Å². The summed E-state index contributed by atoms with van der Waals surface area (Å²) in [5, 5.41) is 7.30. The van der Waals surface area contributed by atoms with Gasteiger partial charge in [-0.3, -0.25) is 0 Å². The summed E-state index contributed by atoms with van der Waals surface area (Å²) >= 11 is 0. The maximum atomic E-state index is 13.1. The number of nitrogen functional groups attached to an aromatic ring is 1. The lowest BCUT2D eigenvalue weighted by atomic mass is 9.98. The van der Waals surface area contributed by atoms with Crippen LogP contribution in [-0.4, -0.2) is 42.1 Å². The van der Waals surface area contributed by atoms with Gasteiger partial charge in [0.1, 0.15) is 11.6 Å². The number of anilines is 2. The van der Waals surface area contributed by atoms with Crippen LogP contribution in [0.2, 0.25) is 0 Å². The number of nitrogens with one attached hydrogen (secondary N) is 2. The Kier molecular flexibility index (Phi) is 9.19. The standard InChI is InChI=1S/C17H21N5O.C10H14FP/c1-12-9-14(11-20-16(12)18)13-3-2-4-15(10-13)21-17(23)22-7-5-19-6-8-22;1-6(2)10-7(3)8(11)4-5-9(10)12/h2-4,9-11,19H,5-8H2,1H3,(H2,18,20)(H,21,23);4-6H,12H2,1-3H3. The monoisotopic (exact) mass is 495 g/mol. The smallest absolute Gasteiger partial charge is 0.321 e. The zero-order chi connectivity index (χ0) is 25.5. The van der Waals surface area contributed by atoms with E-state index < -0.39 is 0 Å². The Hall–Kier alpha value is -3.02. The quantitative estimate of drug-likeness (QED) is 0.455. The lowest BCUT2D eigenvalue weighted by molar-refractivity contribution is 0.204. The van der Waals surface area contributed by atoms with Gasteiger partial charge in [0.2, 0.25) is 0 Å². The Balaban J connectivity index is 0.000000241. The van der Waals surface area contributed by atoms with Crippen molar-refractivity contribution in [1.82, 2.24) is 15.2 Å². The molecule has 4 rings (SSSR count). The molecule has 2 aromatic carbocycles. The summed E-state index contributed by atoms with van der Waals surface area (Å²) in [4.78, 5) is 18.3. The minimum Gasteiger partial charge on any atom is -0.383 e. The van der Waals surface area contributed by atoms with E-state index in [1.54, 1.807) is 6.20 Å². The molecule has 0 saturated carbocycles. The first-order valence-corrected chi connectivity index (χ1v) is 12.4. The second-order valence-electron chi connectivity index (χ2n) is 9.00. The van der Waals surface area contributed by atoms with E-state index in [-0.39, 0.29) is 11.8 Å². The van der Waals surface area contributed by atoms with E-state index in [1.807, 2.05) is 55.1 Å². The fourth-order valence-electron chi connectivity index (χ4n) is 4.08. The summed E-state index contributed by atoms with van der Waals surface area (Å²) in [5.74, 6) is 0.815. The van der Waals surface area contributed by atoms with Gasteiger partial charge in [-0.15, -0.1) is 9.24 Å². The van der Waals surface area contributed by atoms with E-state index >= 15 is 0 Å². The number of hydrogen-bond donors (Lipinski definition) is 3. The van der Waals surface area contributed by atoms with Gasteiger partial charge in [0.15, 0.2) is 0 Å². The minimum atomic E-state index is -0.107. The number of rotatable bonds is 3. The molecule has 1 fully saturated rings. The SMILES string of the molecule is Cc1c(F)ccc(P)c1C(C)C.Cc1cc(-c2cccc(NC(=O)N3CCNCC3)c2)cnc1N. The average molecular weight is 496 g/mol. The summed E-state index contributed by atoms with van der Waals surface area (Å²) < 4.78 is 13.1. The van der Waals surface area contributed by atoms with Crippen LogP contribution in [0.3, 0.4) is 0 Å². The number of nitrogens with zero attached hydrogens (tertiary/aromatic N) is 2. The third-order valence-electron chi connectivity index (χ3n) is 6.03. The second kappa shape index (κ2) is 12.1. The van der Waals surface area contributed by atoms with Crippen molar-refractivity contribution in [2.75, 3.05) is 37.2 Å². The lowest BCUT2D eigenvalue weighted by Gasteiger charge is -2.27. The number of urea groups is 1. The maximum absolute atomic E-state index is 13.1. The molecule has 2 amide bonds. The van der Waals surface area contributed by atoms with Crippen LogP contribution in [0.15, 0.2) is 48.7 Å². The van der Waals surface area contributed by atoms with Crippen LogP contribution in [0.1, 0.15) is 36.5 Å². The first-order chi connectivity index (χ1) is 16.7. The average Bonchev–Trinajstić information content (AvgIpc) is 2.84. The van der Waals surface area contributed by atoms with Crippen molar-refractivity contribution in [1.29, 1.82) is 0 Å². The molecule has 0 spiro atoms. The molecule has 1 unspecified atom stereocenters. The normalized spacial score (nSPS) is 13.3. The van der Waals surface area contributed by atoms with Crippen molar-refractivity contribution < 1.29 is 9.18 Å². The van der Waals surface area contributed by atoms with E-state index in [4.69, 9.17) is 5.73 Å². The van der Waals surface area contributed by atoms with Crippen molar-refractivity contribution in [2.45, 2.75) is 33.6 Å². The molecule has 35 heavy (non-hydrogen) atoms. The highest BCUT2D eigenvalue weighted by molar-refractivity contribution is 7.27. The van der Waals surface area contributed by atoms with Crippen molar-refractivity contribution in [2.24, 2.45) is 0 Å². The van der Waals surface area contributed by atoms with Crippen LogP contribution < -0.4 is 21.7 Å². The molecule has 0 bridgehead atoms. The third kappa shape index (κ3) is 7.00. The fourth-order valence-corrected chi connectivity index (χ4v) is 4.73. The van der Waals surface area contributed by atoms with Gasteiger partial charge in [-0.2, -0.15) is 0 Å². The van der Waals surface area contributed by atoms with Crippen molar-refractivity contribution in [3.05, 3.63) is 71.2 Å². The van der Waals surface area contributed by atoms with Gasteiger partial charge in [0.05, 0.1) is 0 Å². The Morgan fingerprint density at radius 3 is 2.49 bits per heavy atom. The zero-order valence-corrected chi connectivity index (χ0v) is 22.0. The predicted octanol–water partition coefficient (Wildman–Crippen LogP) is 4.83. The van der Waals surface area contributed by atoms with Gasteiger partial charge in [-0.1, -0.05) is 32.0 Å². The minimum absolute atomic E-state index is 0.0599. The second-order valence-corrected chi connectivity index (χ2v) is 9.63. The molecule has 4 N–H and O–H groups in total. The third-order valence-corrected chi connectivity index (χ3v) is 6.53. The first kappa shape index (κ1) is 26.6. The molecule has 1 aliphatic heterocycles. The Morgan fingerprint density at radius 1 is 1.14 bits per heavy atom. The maximum Gasteiger partial charge on any atom is 0.321 e. The number of aromatic nitrogens is 1. The van der Waals surface area contributed by atoms with Gasteiger partial charge in [-0.25, -0.2) is 14.2 Å². The number of hydrogen-bond acceptors (Lipinski definition) is 4. The predicted molar refractivity (Wildman–Crippen MR) is 147 cm³/mol. The van der Waals surface area contributed by atoms with Gasteiger partial charge in [-0.05, 0) is 71.6 Å². The van der Waals surface area contributed by atoms with Crippen molar-refractivity contribution in [3.8, 4) is 11.1 Å². The molecule has 0 aliphatic carbocycles. The van der Waals surface area contributed by atoms with Crippen molar-refractivity contribution >= 4 is 32.1 Å². The van der Waals surface area contributed by atoms with Crippen LogP contribution in [0.25, 0.3) is 11.1 Å². The highest BCUT2D eigenvalue weighted by Crippen LogP contribution is 2.24. The fraction of sp³-hybridized carbons (Fsp3) is 0.333. The zero-order valence-electron chi connectivity index (χ0n) is 20.9. The molecule has 1 saturated heterocycles. The molecule has 8 heteroatoms. The van der Waals surface area contributed by atoms with Crippen LogP contribution >= 0.6 is 9.24 Å². The summed E-state index contributed by atoms with van der Waals surface area (Å²) in [6.45, 7) is 11.1. The Labute approximate surface area is 209 Å². The highest BCUT2D eigenvalue weighted by Gasteiger charge is 2.16. The van der Waals surface area contributed by atoms with E-state index in [0.717, 1.165) is 65.0 Å². The van der Waals surface area contributed by atoms with Crippen molar-refractivity contribution in [3.63, 3.8) is 0 Å². The Bertz CT molecular complexity index is 1180. The first-order valence-electron chi connectivity index (χ1n) is 11.8. The summed E-state index contributed by atoms with van der Waals surface area (Å²) in [7, 11) is 2.65. The summed E-state index contributed by atoms with van der Waals surface area (Å²) in [6.07, 6.45) is 1.75. The number of amides is 2. The van der Waals surface area contributed by atoms with Gasteiger partial charge in [0, 0.05) is 43.6 Å². The molecule has 1 aromatic heterocycles. The number of pyridine rings is 1. The van der Waals surface area contributed by atoms with Crippen LogP contribution in [0, 0.1) is 19.7 Å². The number of aryl methyl sites for hydroxylation is 1. The lowest BCUT2D eigenvalue weighted by Crippen LogP contribution is -2.48. The van der Waals surface area contributed by atoms with Gasteiger partial charge in [0.25, 0.3) is 0 Å². The summed E-state index contributed by atoms with van der Waals surface area (Å²) in [6, 6.07) is 13.0. The molecule has 0 radical (unpaired) electrons. The number of nitrogens with two attached hydrogens (primary N) is 1. The van der Waals surface area contributed by atoms with E-state index in [9.17, 15) is 9.18 Å². The van der Waals surface area contributed by atoms with Crippen LogP contribution in [-0.2, 0) is 0 Å².